The molecule has 0 saturated carbocycles. The fraction of sp³-hybridized carbons (Fsp3) is 0.588. The Morgan fingerprint density at radius 1 is 1.30 bits per heavy atom. The first-order chi connectivity index (χ1) is 11.3. The molecule has 1 N–H and O–H groups in total. The summed E-state index contributed by atoms with van der Waals surface area (Å²) >= 11 is 0. The van der Waals surface area contributed by atoms with Crippen molar-refractivity contribution >= 4 is 11.0 Å². The van der Waals surface area contributed by atoms with Gasteiger partial charge in [0.05, 0.1) is 11.6 Å². The number of nitrogens with one attached hydrogen (secondary N) is 1. The number of pyridine rings is 1. The van der Waals surface area contributed by atoms with E-state index in [1.54, 1.807) is 10.8 Å². The lowest BCUT2D eigenvalue weighted by Crippen LogP contribution is -2.46. The third-order valence-corrected chi connectivity index (χ3v) is 4.51. The summed E-state index contributed by atoms with van der Waals surface area (Å²) in [6.07, 6.45) is 3.74. The third kappa shape index (κ3) is 3.14. The van der Waals surface area contributed by atoms with Gasteiger partial charge in [0.25, 0.3) is 5.56 Å². The standard InChI is InChI=1S/C17H25N5O/c1-3-6-14(21-11-9-18-10-12-21)16-20-13-7-5-8-19-15(13)17(23)22(16)4-2/h5,7-8,14,18H,3-4,6,9-12H2,1-2H3. The van der Waals surface area contributed by atoms with Gasteiger partial charge >= 0.3 is 0 Å². The molecule has 1 aliphatic rings. The van der Waals surface area contributed by atoms with E-state index in [-0.39, 0.29) is 11.6 Å². The van der Waals surface area contributed by atoms with Gasteiger partial charge in [-0.25, -0.2) is 9.97 Å². The fourth-order valence-corrected chi connectivity index (χ4v) is 3.37. The van der Waals surface area contributed by atoms with Crippen LogP contribution in [0.4, 0.5) is 0 Å². The van der Waals surface area contributed by atoms with E-state index >= 15 is 0 Å². The molecule has 1 atom stereocenters. The summed E-state index contributed by atoms with van der Waals surface area (Å²) in [5.41, 5.74) is 1.14. The largest absolute Gasteiger partial charge is 0.314 e. The van der Waals surface area contributed by atoms with Crippen LogP contribution in [0.2, 0.25) is 0 Å². The molecule has 0 bridgehead atoms. The lowest BCUT2D eigenvalue weighted by Gasteiger charge is -2.35. The molecule has 1 fully saturated rings. The predicted octanol–water partition coefficient (Wildman–Crippen LogP) is 1.56. The van der Waals surface area contributed by atoms with Crippen molar-refractivity contribution in [2.75, 3.05) is 26.2 Å². The molecular weight excluding hydrogens is 290 g/mol. The van der Waals surface area contributed by atoms with Crippen LogP contribution in [-0.2, 0) is 6.54 Å². The number of fused-ring (bicyclic) bond motifs is 1. The molecule has 2 aromatic rings. The third-order valence-electron chi connectivity index (χ3n) is 4.51. The highest BCUT2D eigenvalue weighted by Crippen LogP contribution is 2.25. The molecule has 124 valence electrons. The Morgan fingerprint density at radius 2 is 2.09 bits per heavy atom. The summed E-state index contributed by atoms with van der Waals surface area (Å²) in [4.78, 5) is 24.3. The summed E-state index contributed by atoms with van der Waals surface area (Å²) in [7, 11) is 0. The molecule has 1 unspecified atom stereocenters. The molecule has 0 amide bonds. The molecule has 6 heteroatoms. The first-order valence-electron chi connectivity index (χ1n) is 8.56. The van der Waals surface area contributed by atoms with Crippen molar-refractivity contribution in [2.24, 2.45) is 0 Å². The van der Waals surface area contributed by atoms with Crippen molar-refractivity contribution in [2.45, 2.75) is 39.3 Å². The van der Waals surface area contributed by atoms with Crippen molar-refractivity contribution in [3.8, 4) is 0 Å². The molecule has 2 aromatic heterocycles. The summed E-state index contributed by atoms with van der Waals surface area (Å²) in [5, 5.41) is 3.39. The van der Waals surface area contributed by atoms with E-state index in [1.165, 1.54) is 0 Å². The van der Waals surface area contributed by atoms with E-state index in [0.717, 1.165) is 44.8 Å². The van der Waals surface area contributed by atoms with Crippen LogP contribution in [0.25, 0.3) is 11.0 Å². The molecule has 0 spiro atoms. The van der Waals surface area contributed by atoms with Crippen LogP contribution in [0.1, 0.15) is 38.6 Å². The van der Waals surface area contributed by atoms with E-state index in [4.69, 9.17) is 4.98 Å². The van der Waals surface area contributed by atoms with Crippen LogP contribution in [0.15, 0.2) is 23.1 Å². The number of rotatable bonds is 5. The number of hydrogen-bond donors (Lipinski definition) is 1. The second kappa shape index (κ2) is 7.19. The second-order valence-corrected chi connectivity index (χ2v) is 5.98. The highest BCUT2D eigenvalue weighted by molar-refractivity contribution is 5.72. The van der Waals surface area contributed by atoms with Crippen LogP contribution in [-0.4, -0.2) is 45.6 Å². The number of aromatic nitrogens is 3. The Hall–Kier alpha value is -1.79. The molecule has 3 heterocycles. The van der Waals surface area contributed by atoms with E-state index in [0.29, 0.717) is 17.6 Å². The minimum absolute atomic E-state index is 0.0238. The lowest BCUT2D eigenvalue weighted by molar-refractivity contribution is 0.154. The highest BCUT2D eigenvalue weighted by atomic mass is 16.1. The van der Waals surface area contributed by atoms with E-state index in [2.05, 4.69) is 22.1 Å². The van der Waals surface area contributed by atoms with Gasteiger partial charge in [-0.1, -0.05) is 13.3 Å². The predicted molar refractivity (Wildman–Crippen MR) is 91.6 cm³/mol. The quantitative estimate of drug-likeness (QED) is 0.907. The van der Waals surface area contributed by atoms with Crippen molar-refractivity contribution in [1.29, 1.82) is 0 Å². The van der Waals surface area contributed by atoms with Gasteiger partial charge in [-0.15, -0.1) is 0 Å². The molecule has 3 rings (SSSR count). The number of nitrogens with zero attached hydrogens (tertiary/aromatic N) is 4. The van der Waals surface area contributed by atoms with E-state index in [1.807, 2.05) is 19.1 Å². The van der Waals surface area contributed by atoms with Gasteiger partial charge in [-0.3, -0.25) is 14.3 Å². The fourth-order valence-electron chi connectivity index (χ4n) is 3.37. The minimum atomic E-state index is -0.0238. The highest BCUT2D eigenvalue weighted by Gasteiger charge is 2.26. The zero-order valence-corrected chi connectivity index (χ0v) is 14.0. The van der Waals surface area contributed by atoms with E-state index in [9.17, 15) is 4.79 Å². The summed E-state index contributed by atoms with van der Waals surface area (Å²) in [6, 6.07) is 3.92. The minimum Gasteiger partial charge on any atom is -0.314 e. The summed E-state index contributed by atoms with van der Waals surface area (Å²) < 4.78 is 1.80. The zero-order chi connectivity index (χ0) is 16.2. The Bertz CT molecular complexity index is 720. The van der Waals surface area contributed by atoms with Crippen LogP contribution < -0.4 is 10.9 Å². The molecule has 1 saturated heterocycles. The summed E-state index contributed by atoms with van der Waals surface area (Å²) in [5.74, 6) is 0.891. The maximum atomic E-state index is 12.8. The molecule has 0 radical (unpaired) electrons. The first kappa shape index (κ1) is 16.1. The van der Waals surface area contributed by atoms with Crippen LogP contribution in [0, 0.1) is 0 Å². The molecule has 1 aliphatic heterocycles. The molecule has 0 aliphatic carbocycles. The average molecular weight is 315 g/mol. The van der Waals surface area contributed by atoms with Crippen molar-refractivity contribution < 1.29 is 0 Å². The SMILES string of the molecule is CCCC(c1nc2cccnc2c(=O)n1CC)N1CCNCC1. The monoisotopic (exact) mass is 315 g/mol. The second-order valence-electron chi connectivity index (χ2n) is 5.98. The van der Waals surface area contributed by atoms with Gasteiger partial charge in [0, 0.05) is 38.9 Å². The Morgan fingerprint density at radius 3 is 2.78 bits per heavy atom. The smallest absolute Gasteiger partial charge is 0.280 e. The van der Waals surface area contributed by atoms with E-state index < -0.39 is 0 Å². The average Bonchev–Trinajstić information content (AvgIpc) is 2.60. The Labute approximate surface area is 136 Å². The topological polar surface area (TPSA) is 63.1 Å². The Kier molecular flexibility index (Phi) is 5.03. The molecule has 6 nitrogen and oxygen atoms in total. The number of hydrogen-bond acceptors (Lipinski definition) is 5. The zero-order valence-electron chi connectivity index (χ0n) is 14.0. The van der Waals surface area contributed by atoms with Gasteiger partial charge < -0.3 is 5.32 Å². The van der Waals surface area contributed by atoms with Crippen LogP contribution >= 0.6 is 0 Å². The van der Waals surface area contributed by atoms with Crippen molar-refractivity contribution in [3.63, 3.8) is 0 Å². The molecule has 23 heavy (non-hydrogen) atoms. The molecule has 0 aromatic carbocycles. The van der Waals surface area contributed by atoms with Crippen molar-refractivity contribution in [3.05, 3.63) is 34.5 Å². The maximum Gasteiger partial charge on any atom is 0.280 e. The molecular formula is C17H25N5O. The number of piperazine rings is 1. The Balaban J connectivity index is 2.12. The van der Waals surface area contributed by atoms with Crippen LogP contribution in [0.3, 0.4) is 0 Å². The lowest BCUT2D eigenvalue weighted by atomic mass is 10.1. The van der Waals surface area contributed by atoms with Gasteiger partial charge in [0.15, 0.2) is 5.52 Å². The summed E-state index contributed by atoms with van der Waals surface area (Å²) in [6.45, 7) is 8.79. The van der Waals surface area contributed by atoms with Crippen molar-refractivity contribution in [1.82, 2.24) is 24.8 Å². The normalized spacial score (nSPS) is 17.5. The first-order valence-corrected chi connectivity index (χ1v) is 8.56. The van der Waals surface area contributed by atoms with Crippen LogP contribution in [0.5, 0.6) is 0 Å². The van der Waals surface area contributed by atoms with Gasteiger partial charge in [0.2, 0.25) is 0 Å². The van der Waals surface area contributed by atoms with Gasteiger partial charge in [-0.2, -0.15) is 0 Å². The van der Waals surface area contributed by atoms with Gasteiger partial charge in [0.1, 0.15) is 5.82 Å². The van der Waals surface area contributed by atoms with Gasteiger partial charge in [-0.05, 0) is 25.5 Å². The maximum absolute atomic E-state index is 12.8.